The van der Waals surface area contributed by atoms with Crippen LogP contribution in [0.2, 0.25) is 0 Å². The molecule has 6 heteroatoms. The fourth-order valence-electron chi connectivity index (χ4n) is 1.57. The van der Waals surface area contributed by atoms with Crippen molar-refractivity contribution in [1.82, 2.24) is 10.6 Å². The summed E-state index contributed by atoms with van der Waals surface area (Å²) < 4.78 is 10.2. The molecule has 6 nitrogen and oxygen atoms in total. The van der Waals surface area contributed by atoms with E-state index in [9.17, 15) is 9.90 Å². The van der Waals surface area contributed by atoms with Crippen molar-refractivity contribution in [3.63, 3.8) is 0 Å². The van der Waals surface area contributed by atoms with E-state index < -0.39 is 6.10 Å². The highest BCUT2D eigenvalue weighted by atomic mass is 16.5. The van der Waals surface area contributed by atoms with Crippen molar-refractivity contribution in [3.05, 3.63) is 23.8 Å². The number of rotatable bonds is 7. The zero-order valence-electron chi connectivity index (χ0n) is 11.4. The normalized spacial score (nSPS) is 11.8. The van der Waals surface area contributed by atoms with Gasteiger partial charge < -0.3 is 25.2 Å². The molecular formula is C13H20N2O4. The van der Waals surface area contributed by atoms with Gasteiger partial charge >= 0.3 is 0 Å². The van der Waals surface area contributed by atoms with E-state index in [2.05, 4.69) is 10.6 Å². The van der Waals surface area contributed by atoms with E-state index >= 15 is 0 Å². The van der Waals surface area contributed by atoms with Crippen LogP contribution in [0, 0.1) is 0 Å². The highest BCUT2D eigenvalue weighted by Crippen LogP contribution is 2.26. The van der Waals surface area contributed by atoms with Gasteiger partial charge in [-0.3, -0.25) is 4.79 Å². The Morgan fingerprint density at radius 3 is 2.32 bits per heavy atom. The van der Waals surface area contributed by atoms with Crippen LogP contribution in [0.15, 0.2) is 18.2 Å². The lowest BCUT2D eigenvalue weighted by Gasteiger charge is -2.14. The molecule has 19 heavy (non-hydrogen) atoms. The number of likely N-dealkylation sites (N-methyl/N-ethyl adjacent to an activating group) is 1. The third-order valence-corrected chi connectivity index (χ3v) is 2.59. The summed E-state index contributed by atoms with van der Waals surface area (Å²) in [6.45, 7) is 0.352. The lowest BCUT2D eigenvalue weighted by molar-refractivity contribution is -0.120. The predicted octanol–water partition coefficient (Wildman–Crippen LogP) is 0.0728. The number of carbonyl (C=O) groups is 1. The van der Waals surface area contributed by atoms with Gasteiger partial charge in [0.05, 0.1) is 26.9 Å². The predicted molar refractivity (Wildman–Crippen MR) is 71.4 cm³/mol. The van der Waals surface area contributed by atoms with E-state index in [1.165, 1.54) is 0 Å². The molecule has 106 valence electrons. The van der Waals surface area contributed by atoms with E-state index in [4.69, 9.17) is 9.47 Å². The van der Waals surface area contributed by atoms with E-state index in [-0.39, 0.29) is 19.0 Å². The Balaban J connectivity index is 2.70. The first-order chi connectivity index (χ1) is 9.10. The quantitative estimate of drug-likeness (QED) is 0.652. The molecule has 0 aromatic heterocycles. The fourth-order valence-corrected chi connectivity index (χ4v) is 1.57. The van der Waals surface area contributed by atoms with Crippen LogP contribution < -0.4 is 20.1 Å². The summed E-state index contributed by atoms with van der Waals surface area (Å²) in [5, 5.41) is 15.4. The summed E-state index contributed by atoms with van der Waals surface area (Å²) in [6.07, 6.45) is -0.815. The summed E-state index contributed by atoms with van der Waals surface area (Å²) in [7, 11) is 4.77. The number of methoxy groups -OCH3 is 2. The third kappa shape index (κ3) is 4.76. The molecule has 1 unspecified atom stereocenters. The van der Waals surface area contributed by atoms with Gasteiger partial charge in [0.15, 0.2) is 0 Å². The summed E-state index contributed by atoms with van der Waals surface area (Å²) in [4.78, 5) is 11.3. The number of amides is 1. The Kier molecular flexibility index (Phi) is 6.11. The minimum absolute atomic E-state index is 0.136. The van der Waals surface area contributed by atoms with Crippen LogP contribution in [0.25, 0.3) is 0 Å². The van der Waals surface area contributed by atoms with Crippen LogP contribution in [0.4, 0.5) is 0 Å². The number of aliphatic hydroxyl groups excluding tert-OH is 1. The minimum Gasteiger partial charge on any atom is -0.497 e. The van der Waals surface area contributed by atoms with E-state index in [0.717, 1.165) is 0 Å². The van der Waals surface area contributed by atoms with Crippen molar-refractivity contribution >= 4 is 5.91 Å². The molecule has 0 bridgehead atoms. The molecule has 1 atom stereocenters. The van der Waals surface area contributed by atoms with Crippen molar-refractivity contribution in [3.8, 4) is 11.5 Å². The molecule has 1 amide bonds. The van der Waals surface area contributed by atoms with Crippen LogP contribution in [-0.2, 0) is 4.79 Å². The van der Waals surface area contributed by atoms with Crippen LogP contribution in [0.1, 0.15) is 11.7 Å². The highest BCUT2D eigenvalue weighted by Gasteiger charge is 2.12. The van der Waals surface area contributed by atoms with Gasteiger partial charge in [-0.25, -0.2) is 0 Å². The lowest BCUT2D eigenvalue weighted by Crippen LogP contribution is -2.34. The first kappa shape index (κ1) is 15.3. The second kappa shape index (κ2) is 7.60. The van der Waals surface area contributed by atoms with Crippen molar-refractivity contribution in [1.29, 1.82) is 0 Å². The van der Waals surface area contributed by atoms with Gasteiger partial charge in [0.25, 0.3) is 0 Å². The lowest BCUT2D eigenvalue weighted by atomic mass is 10.1. The molecule has 3 N–H and O–H groups in total. The number of benzene rings is 1. The molecule has 1 aromatic rings. The smallest absolute Gasteiger partial charge is 0.234 e. The number of hydrogen-bond donors (Lipinski definition) is 3. The number of aliphatic hydroxyl groups is 1. The molecule has 0 saturated heterocycles. The van der Waals surface area contributed by atoms with Gasteiger partial charge in [0, 0.05) is 12.6 Å². The highest BCUT2D eigenvalue weighted by molar-refractivity contribution is 5.77. The fraction of sp³-hybridized carbons (Fsp3) is 0.462. The Hall–Kier alpha value is -1.79. The molecule has 0 spiro atoms. The molecular weight excluding hydrogens is 248 g/mol. The molecule has 0 aliphatic heterocycles. The third-order valence-electron chi connectivity index (χ3n) is 2.59. The van der Waals surface area contributed by atoms with Crippen molar-refractivity contribution in [2.45, 2.75) is 6.10 Å². The van der Waals surface area contributed by atoms with Crippen molar-refractivity contribution in [2.24, 2.45) is 0 Å². The summed E-state index contributed by atoms with van der Waals surface area (Å²) >= 11 is 0. The molecule has 0 heterocycles. The summed E-state index contributed by atoms with van der Waals surface area (Å²) in [5.41, 5.74) is 0.626. The monoisotopic (exact) mass is 268 g/mol. The second-order valence-corrected chi connectivity index (χ2v) is 4.00. The molecule has 0 aliphatic rings. The Bertz CT molecular complexity index is 401. The zero-order chi connectivity index (χ0) is 14.3. The zero-order valence-corrected chi connectivity index (χ0v) is 11.4. The first-order valence-electron chi connectivity index (χ1n) is 5.93. The van der Waals surface area contributed by atoms with Gasteiger partial charge in [-0.05, 0) is 24.7 Å². The Labute approximate surface area is 112 Å². The number of hydrogen-bond acceptors (Lipinski definition) is 5. The topological polar surface area (TPSA) is 79.8 Å². The molecule has 0 aliphatic carbocycles. The summed E-state index contributed by atoms with van der Waals surface area (Å²) in [5.74, 6) is 1.02. The Morgan fingerprint density at radius 2 is 1.84 bits per heavy atom. The average Bonchev–Trinajstić information content (AvgIpc) is 2.44. The van der Waals surface area contributed by atoms with Gasteiger partial charge in [-0.1, -0.05) is 0 Å². The van der Waals surface area contributed by atoms with Crippen LogP contribution in [-0.4, -0.2) is 45.4 Å². The Morgan fingerprint density at radius 1 is 1.26 bits per heavy atom. The molecule has 0 saturated carbocycles. The van der Waals surface area contributed by atoms with Crippen LogP contribution in [0.5, 0.6) is 11.5 Å². The number of nitrogens with one attached hydrogen (secondary N) is 2. The van der Waals surface area contributed by atoms with Gasteiger partial charge in [-0.15, -0.1) is 0 Å². The second-order valence-electron chi connectivity index (χ2n) is 4.00. The SMILES string of the molecule is CNCC(=O)NCC(O)c1cc(OC)cc(OC)c1. The molecule has 0 fully saturated rings. The van der Waals surface area contributed by atoms with Gasteiger partial charge in [0.2, 0.25) is 5.91 Å². The number of ether oxygens (including phenoxy) is 2. The maximum atomic E-state index is 11.3. The van der Waals surface area contributed by atoms with E-state index in [1.54, 1.807) is 39.5 Å². The van der Waals surface area contributed by atoms with E-state index in [1.807, 2.05) is 0 Å². The van der Waals surface area contributed by atoms with Crippen LogP contribution >= 0.6 is 0 Å². The molecule has 0 radical (unpaired) electrons. The molecule has 1 aromatic carbocycles. The van der Waals surface area contributed by atoms with Gasteiger partial charge in [0.1, 0.15) is 11.5 Å². The largest absolute Gasteiger partial charge is 0.497 e. The minimum atomic E-state index is -0.815. The standard InChI is InChI=1S/C13H20N2O4/c1-14-8-13(17)15-7-12(16)9-4-10(18-2)6-11(5-9)19-3/h4-6,12,14,16H,7-8H2,1-3H3,(H,15,17). The van der Waals surface area contributed by atoms with Gasteiger partial charge in [-0.2, -0.15) is 0 Å². The maximum absolute atomic E-state index is 11.3. The van der Waals surface area contributed by atoms with Crippen molar-refractivity contribution in [2.75, 3.05) is 34.4 Å². The number of carbonyl (C=O) groups excluding carboxylic acids is 1. The van der Waals surface area contributed by atoms with E-state index in [0.29, 0.717) is 17.1 Å². The average molecular weight is 268 g/mol. The van der Waals surface area contributed by atoms with Crippen LogP contribution in [0.3, 0.4) is 0 Å². The first-order valence-corrected chi connectivity index (χ1v) is 5.93. The molecule has 1 rings (SSSR count). The summed E-state index contributed by atoms with van der Waals surface area (Å²) in [6, 6.07) is 5.13. The van der Waals surface area contributed by atoms with Crippen molar-refractivity contribution < 1.29 is 19.4 Å². The maximum Gasteiger partial charge on any atom is 0.234 e.